The highest BCUT2D eigenvalue weighted by Crippen LogP contribution is 2.24. The lowest BCUT2D eigenvalue weighted by atomic mass is 10.2. The first-order valence-electron chi connectivity index (χ1n) is 8.17. The van der Waals surface area contributed by atoms with Crippen molar-refractivity contribution in [3.05, 3.63) is 72.1 Å². The highest BCUT2D eigenvalue weighted by Gasteiger charge is 2.06. The molecule has 2 N–H and O–H groups in total. The van der Waals surface area contributed by atoms with Gasteiger partial charge >= 0.3 is 0 Å². The molecule has 0 radical (unpaired) electrons. The van der Waals surface area contributed by atoms with Crippen molar-refractivity contribution in [2.75, 3.05) is 16.5 Å². The first-order chi connectivity index (χ1) is 13.5. The van der Waals surface area contributed by atoms with Crippen molar-refractivity contribution in [2.24, 2.45) is 0 Å². The van der Waals surface area contributed by atoms with Gasteiger partial charge in [0.25, 0.3) is 0 Å². The molecule has 9 heteroatoms. The number of aromatic nitrogens is 2. The average molecular weight is 405 g/mol. The second kappa shape index (κ2) is 9.09. The third-order valence-corrected chi connectivity index (χ3v) is 3.80. The summed E-state index contributed by atoms with van der Waals surface area (Å²) in [6.45, 7) is 0.244. The molecule has 0 saturated carbocycles. The number of benzene rings is 2. The third-order valence-electron chi connectivity index (χ3n) is 3.56. The van der Waals surface area contributed by atoms with Crippen LogP contribution in [-0.4, -0.2) is 21.8 Å². The van der Waals surface area contributed by atoms with E-state index < -0.39 is 11.6 Å². The van der Waals surface area contributed by atoms with E-state index in [0.717, 1.165) is 12.1 Å². The Morgan fingerprint density at radius 1 is 1.07 bits per heavy atom. The van der Waals surface area contributed by atoms with Crippen LogP contribution in [0, 0.1) is 11.6 Å². The fourth-order valence-electron chi connectivity index (χ4n) is 2.29. The number of hydrogen-bond donors (Lipinski definition) is 2. The summed E-state index contributed by atoms with van der Waals surface area (Å²) in [4.78, 5) is 19.5. The number of amides is 1. The highest BCUT2D eigenvalue weighted by molar-refractivity contribution is 6.29. The topological polar surface area (TPSA) is 76.1 Å². The molecule has 6 nitrogen and oxygen atoms in total. The molecular weight excluding hydrogens is 390 g/mol. The number of alkyl halides is 1. The van der Waals surface area contributed by atoms with E-state index in [1.165, 1.54) is 12.4 Å². The van der Waals surface area contributed by atoms with Gasteiger partial charge in [-0.1, -0.05) is 12.1 Å². The Kier molecular flexibility index (Phi) is 6.33. The zero-order chi connectivity index (χ0) is 19.9. The Morgan fingerprint density at radius 3 is 2.71 bits per heavy atom. The standard InChI is InChI=1S/C19H15ClF2N4O2/c20-9-18(27)26-13-2-1-3-14(7-13)28-19-8-17(24-11-25-19)23-10-12-4-5-15(21)16(22)6-12/h1-8,11H,9-10H2,(H,26,27)(H,23,24,25). The minimum absolute atomic E-state index is 0.149. The second-order valence-corrected chi connectivity index (χ2v) is 5.92. The molecule has 28 heavy (non-hydrogen) atoms. The van der Waals surface area contributed by atoms with E-state index >= 15 is 0 Å². The summed E-state index contributed by atoms with van der Waals surface area (Å²) in [6.07, 6.45) is 1.31. The van der Waals surface area contributed by atoms with E-state index in [2.05, 4.69) is 20.6 Å². The molecule has 1 heterocycles. The Bertz CT molecular complexity index is 988. The molecule has 0 spiro atoms. The predicted molar refractivity (Wildman–Crippen MR) is 102 cm³/mol. The van der Waals surface area contributed by atoms with Gasteiger partial charge in [-0.2, -0.15) is 0 Å². The van der Waals surface area contributed by atoms with Crippen LogP contribution in [0.15, 0.2) is 54.9 Å². The molecule has 0 saturated heterocycles. The molecular formula is C19H15ClF2N4O2. The van der Waals surface area contributed by atoms with Gasteiger partial charge in [-0.3, -0.25) is 4.79 Å². The smallest absolute Gasteiger partial charge is 0.239 e. The van der Waals surface area contributed by atoms with Gasteiger partial charge in [-0.15, -0.1) is 11.6 Å². The number of carbonyl (C=O) groups excluding carboxylic acids is 1. The molecule has 0 atom stereocenters. The molecule has 0 unspecified atom stereocenters. The van der Waals surface area contributed by atoms with Gasteiger partial charge in [0.15, 0.2) is 11.6 Å². The quantitative estimate of drug-likeness (QED) is 0.573. The monoisotopic (exact) mass is 404 g/mol. The van der Waals surface area contributed by atoms with Crippen molar-refractivity contribution in [3.63, 3.8) is 0 Å². The fraction of sp³-hybridized carbons (Fsp3) is 0.105. The molecule has 144 valence electrons. The van der Waals surface area contributed by atoms with Gasteiger partial charge in [0.2, 0.25) is 11.8 Å². The van der Waals surface area contributed by atoms with Crippen LogP contribution in [0.3, 0.4) is 0 Å². The molecule has 0 aliphatic rings. The first-order valence-corrected chi connectivity index (χ1v) is 8.70. The molecule has 0 fully saturated rings. The summed E-state index contributed by atoms with van der Waals surface area (Å²) in [5.74, 6) is -1.12. The lowest BCUT2D eigenvalue weighted by Gasteiger charge is -2.09. The average Bonchev–Trinajstić information content (AvgIpc) is 2.69. The van der Waals surface area contributed by atoms with Gasteiger partial charge in [0, 0.05) is 24.4 Å². The lowest BCUT2D eigenvalue weighted by Crippen LogP contribution is -2.12. The van der Waals surface area contributed by atoms with Crippen molar-refractivity contribution in [3.8, 4) is 11.6 Å². The van der Waals surface area contributed by atoms with Gasteiger partial charge in [-0.05, 0) is 29.8 Å². The number of nitrogens with zero attached hydrogens (tertiary/aromatic N) is 2. The van der Waals surface area contributed by atoms with E-state index in [0.29, 0.717) is 22.8 Å². The molecule has 1 aromatic heterocycles. The van der Waals surface area contributed by atoms with Crippen LogP contribution in [-0.2, 0) is 11.3 Å². The van der Waals surface area contributed by atoms with Crippen molar-refractivity contribution < 1.29 is 18.3 Å². The molecule has 2 aromatic carbocycles. The molecule has 3 aromatic rings. The molecule has 1 amide bonds. The van der Waals surface area contributed by atoms with Crippen LogP contribution in [0.2, 0.25) is 0 Å². The van der Waals surface area contributed by atoms with Crippen LogP contribution in [0.1, 0.15) is 5.56 Å². The molecule has 0 aliphatic heterocycles. The van der Waals surface area contributed by atoms with E-state index in [9.17, 15) is 13.6 Å². The van der Waals surface area contributed by atoms with Crippen molar-refractivity contribution in [1.29, 1.82) is 0 Å². The summed E-state index contributed by atoms with van der Waals surface area (Å²) in [5.41, 5.74) is 1.09. The lowest BCUT2D eigenvalue weighted by molar-refractivity contribution is -0.113. The Balaban J connectivity index is 1.65. The van der Waals surface area contributed by atoms with Crippen molar-refractivity contribution in [2.45, 2.75) is 6.54 Å². The normalized spacial score (nSPS) is 10.4. The van der Waals surface area contributed by atoms with Gasteiger partial charge in [0.1, 0.15) is 23.8 Å². The van der Waals surface area contributed by atoms with Crippen molar-refractivity contribution in [1.82, 2.24) is 9.97 Å². The number of nitrogens with one attached hydrogen (secondary N) is 2. The number of rotatable bonds is 7. The zero-order valence-electron chi connectivity index (χ0n) is 14.5. The minimum atomic E-state index is -0.910. The van der Waals surface area contributed by atoms with Gasteiger partial charge in [-0.25, -0.2) is 18.7 Å². The Hall–Kier alpha value is -3.26. The van der Waals surface area contributed by atoms with Crippen LogP contribution >= 0.6 is 11.6 Å². The van der Waals surface area contributed by atoms with E-state index in [-0.39, 0.29) is 24.2 Å². The fourth-order valence-corrected chi connectivity index (χ4v) is 2.35. The largest absolute Gasteiger partial charge is 0.439 e. The number of ether oxygens (including phenoxy) is 1. The summed E-state index contributed by atoms with van der Waals surface area (Å²) >= 11 is 5.47. The molecule has 0 aliphatic carbocycles. The third kappa shape index (κ3) is 5.37. The predicted octanol–water partition coefficient (Wildman–Crippen LogP) is 4.34. The van der Waals surface area contributed by atoms with E-state index in [1.807, 2.05) is 0 Å². The number of halogens is 3. The minimum Gasteiger partial charge on any atom is -0.439 e. The second-order valence-electron chi connectivity index (χ2n) is 5.66. The zero-order valence-corrected chi connectivity index (χ0v) is 15.2. The SMILES string of the molecule is O=C(CCl)Nc1cccc(Oc2cc(NCc3ccc(F)c(F)c3)ncn2)c1. The number of hydrogen-bond acceptors (Lipinski definition) is 5. The summed E-state index contributed by atoms with van der Waals surface area (Å²) in [7, 11) is 0. The Morgan fingerprint density at radius 2 is 1.93 bits per heavy atom. The maximum absolute atomic E-state index is 13.3. The summed E-state index contributed by atoms with van der Waals surface area (Å²) in [6, 6.07) is 12.0. The van der Waals surface area contributed by atoms with Crippen LogP contribution < -0.4 is 15.4 Å². The maximum atomic E-state index is 13.3. The van der Waals surface area contributed by atoms with Crippen molar-refractivity contribution >= 4 is 29.0 Å². The molecule has 0 bridgehead atoms. The highest BCUT2D eigenvalue weighted by atomic mass is 35.5. The van der Waals surface area contributed by atoms with Crippen LogP contribution in [0.25, 0.3) is 0 Å². The van der Waals surface area contributed by atoms with E-state index in [1.54, 1.807) is 30.3 Å². The van der Waals surface area contributed by atoms with Gasteiger partial charge in [0.05, 0.1) is 0 Å². The first kappa shape index (κ1) is 19.5. The summed E-state index contributed by atoms with van der Waals surface area (Å²) < 4.78 is 31.9. The summed E-state index contributed by atoms with van der Waals surface area (Å²) in [5, 5.41) is 5.61. The number of anilines is 2. The van der Waals surface area contributed by atoms with E-state index in [4.69, 9.17) is 16.3 Å². The van der Waals surface area contributed by atoms with Gasteiger partial charge < -0.3 is 15.4 Å². The Labute approximate surface area is 164 Å². The molecule has 3 rings (SSSR count). The number of carbonyl (C=O) groups is 1. The van der Waals surface area contributed by atoms with Crippen LogP contribution in [0.4, 0.5) is 20.3 Å². The maximum Gasteiger partial charge on any atom is 0.239 e. The van der Waals surface area contributed by atoms with Crippen LogP contribution in [0.5, 0.6) is 11.6 Å².